The molecular weight excluding hydrogens is 372 g/mol. The largest absolute Gasteiger partial charge is 0.342 e. The average molecular weight is 389 g/mol. The first-order valence-corrected chi connectivity index (χ1v) is 10.6. The number of anilines is 1. The van der Waals surface area contributed by atoms with Crippen LogP contribution in [-0.2, 0) is 19.4 Å². The van der Waals surface area contributed by atoms with Gasteiger partial charge in [0.25, 0.3) is 0 Å². The molecule has 2 aliphatic rings. The van der Waals surface area contributed by atoms with Crippen LogP contribution in [0.3, 0.4) is 0 Å². The molecular formula is C15H17ClN2O4S2. The molecule has 3 rings (SSSR count). The molecule has 0 spiro atoms. The van der Waals surface area contributed by atoms with E-state index < -0.39 is 15.1 Å². The Hall–Kier alpha value is -1.25. The lowest BCUT2D eigenvalue weighted by Gasteiger charge is -2.28. The summed E-state index contributed by atoms with van der Waals surface area (Å²) in [6.45, 7) is 0. The van der Waals surface area contributed by atoms with Crippen LogP contribution in [0, 0.1) is 0 Å². The van der Waals surface area contributed by atoms with Gasteiger partial charge in [0, 0.05) is 29.4 Å². The maximum atomic E-state index is 12.4. The Bertz CT molecular complexity index is 797. The van der Waals surface area contributed by atoms with Crippen LogP contribution in [0.2, 0.25) is 5.02 Å². The van der Waals surface area contributed by atoms with E-state index in [0.29, 0.717) is 17.1 Å². The molecule has 1 aromatic carbocycles. The molecule has 1 fully saturated rings. The molecule has 2 amide bonds. The third-order valence-corrected chi connectivity index (χ3v) is 7.53. The molecule has 0 saturated carbocycles. The molecule has 1 saturated heterocycles. The third kappa shape index (κ3) is 3.70. The summed E-state index contributed by atoms with van der Waals surface area (Å²) in [6, 6.07) is 4.92. The zero-order valence-electron chi connectivity index (χ0n) is 13.0. The lowest BCUT2D eigenvalue weighted by atomic mass is 10.2. The number of thioether (sulfide) groups is 1. The smallest absolute Gasteiger partial charge is 0.238 e. The number of sulfone groups is 1. The molecule has 2 atom stereocenters. The van der Waals surface area contributed by atoms with E-state index in [1.807, 2.05) is 6.07 Å². The predicted molar refractivity (Wildman–Crippen MR) is 94.2 cm³/mol. The quantitative estimate of drug-likeness (QED) is 0.853. The van der Waals surface area contributed by atoms with E-state index in [1.165, 1.54) is 16.7 Å². The maximum absolute atomic E-state index is 12.4. The van der Waals surface area contributed by atoms with Crippen molar-refractivity contribution in [3.05, 3.63) is 23.2 Å². The van der Waals surface area contributed by atoms with Crippen LogP contribution in [0.4, 0.5) is 5.69 Å². The number of nitrogens with one attached hydrogen (secondary N) is 1. The van der Waals surface area contributed by atoms with Gasteiger partial charge in [-0.05, 0) is 24.6 Å². The Morgan fingerprint density at radius 2 is 2.21 bits per heavy atom. The number of hydrogen-bond donors (Lipinski definition) is 1. The van der Waals surface area contributed by atoms with Crippen molar-refractivity contribution in [3.8, 4) is 0 Å². The van der Waals surface area contributed by atoms with Gasteiger partial charge in [-0.25, -0.2) is 8.42 Å². The fourth-order valence-corrected chi connectivity index (χ4v) is 5.87. The minimum atomic E-state index is -3.05. The molecule has 0 aromatic heterocycles. The van der Waals surface area contributed by atoms with Crippen molar-refractivity contribution < 1.29 is 18.0 Å². The molecule has 0 aliphatic carbocycles. The Balaban J connectivity index is 1.66. The van der Waals surface area contributed by atoms with Gasteiger partial charge in [0.1, 0.15) is 0 Å². The van der Waals surface area contributed by atoms with Gasteiger partial charge < -0.3 is 10.2 Å². The van der Waals surface area contributed by atoms with Crippen molar-refractivity contribution in [1.82, 2.24) is 4.90 Å². The summed E-state index contributed by atoms with van der Waals surface area (Å²) < 4.78 is 23.1. The number of hydrogen-bond acceptors (Lipinski definition) is 5. The fraction of sp³-hybridized carbons (Fsp3) is 0.467. The lowest BCUT2D eigenvalue weighted by Crippen LogP contribution is -2.41. The van der Waals surface area contributed by atoms with Crippen molar-refractivity contribution in [2.75, 3.05) is 23.9 Å². The number of nitrogens with zero attached hydrogens (tertiary/aromatic N) is 1. The first-order valence-electron chi connectivity index (χ1n) is 7.48. The highest BCUT2D eigenvalue weighted by atomic mass is 35.5. The summed E-state index contributed by atoms with van der Waals surface area (Å²) >= 11 is 7.24. The maximum Gasteiger partial charge on any atom is 0.238 e. The highest BCUT2D eigenvalue weighted by molar-refractivity contribution is 8.01. The van der Waals surface area contributed by atoms with E-state index in [2.05, 4.69) is 5.32 Å². The normalized spacial score (nSPS) is 25.0. The predicted octanol–water partition coefficient (Wildman–Crippen LogP) is 1.79. The molecule has 0 unspecified atom stereocenters. The Kier molecular flexibility index (Phi) is 4.81. The standard InChI is InChI=1S/C15H17ClN2O4S2/c1-18(10-4-5-24(21,22)8-10)14(19)7-13-15(20)17-11-6-9(16)2-3-12(11)23-13/h2-3,6,10,13H,4-5,7-8H2,1H3,(H,17,20)/t10-,13+/m0/s1. The molecule has 0 bridgehead atoms. The number of amides is 2. The first-order chi connectivity index (χ1) is 11.2. The number of carbonyl (C=O) groups is 2. The van der Waals surface area contributed by atoms with Gasteiger partial charge in [0.05, 0.1) is 22.4 Å². The molecule has 1 N–H and O–H groups in total. The highest BCUT2D eigenvalue weighted by Crippen LogP contribution is 2.38. The van der Waals surface area contributed by atoms with Crippen LogP contribution in [0.5, 0.6) is 0 Å². The monoisotopic (exact) mass is 388 g/mol. The summed E-state index contributed by atoms with van der Waals surface area (Å²) in [5, 5.41) is 2.77. The van der Waals surface area contributed by atoms with E-state index in [-0.39, 0.29) is 35.8 Å². The van der Waals surface area contributed by atoms with Crippen LogP contribution < -0.4 is 5.32 Å². The fourth-order valence-electron chi connectivity index (χ4n) is 2.84. The molecule has 2 heterocycles. The first kappa shape index (κ1) is 17.6. The minimum absolute atomic E-state index is 0.000574. The van der Waals surface area contributed by atoms with Crippen molar-refractivity contribution in [2.45, 2.75) is 29.0 Å². The average Bonchev–Trinajstić information content (AvgIpc) is 2.87. The van der Waals surface area contributed by atoms with Gasteiger partial charge in [-0.1, -0.05) is 11.6 Å². The van der Waals surface area contributed by atoms with Gasteiger partial charge in [0.15, 0.2) is 9.84 Å². The molecule has 9 heteroatoms. The molecule has 1 aromatic rings. The van der Waals surface area contributed by atoms with Gasteiger partial charge in [0.2, 0.25) is 11.8 Å². The Morgan fingerprint density at radius 1 is 1.46 bits per heavy atom. The number of benzene rings is 1. The summed E-state index contributed by atoms with van der Waals surface area (Å²) in [4.78, 5) is 27.0. The molecule has 6 nitrogen and oxygen atoms in total. The van der Waals surface area contributed by atoms with Crippen LogP contribution >= 0.6 is 23.4 Å². The molecule has 24 heavy (non-hydrogen) atoms. The lowest BCUT2D eigenvalue weighted by molar-refractivity contribution is -0.132. The number of carbonyl (C=O) groups excluding carboxylic acids is 2. The Morgan fingerprint density at radius 3 is 2.88 bits per heavy atom. The highest BCUT2D eigenvalue weighted by Gasteiger charge is 2.35. The molecule has 0 radical (unpaired) electrons. The van der Waals surface area contributed by atoms with Crippen molar-refractivity contribution in [2.24, 2.45) is 0 Å². The van der Waals surface area contributed by atoms with Crippen LogP contribution in [-0.4, -0.2) is 55.0 Å². The van der Waals surface area contributed by atoms with Gasteiger partial charge in [-0.15, -0.1) is 11.8 Å². The molecule has 130 valence electrons. The second kappa shape index (κ2) is 6.57. The number of fused-ring (bicyclic) bond motifs is 1. The van der Waals surface area contributed by atoms with Gasteiger partial charge in [-0.3, -0.25) is 9.59 Å². The van der Waals surface area contributed by atoms with Crippen LogP contribution in [0.25, 0.3) is 0 Å². The second-order valence-corrected chi connectivity index (χ2v) is 9.91. The summed E-state index contributed by atoms with van der Waals surface area (Å²) in [7, 11) is -1.45. The molecule has 2 aliphatic heterocycles. The van der Waals surface area contributed by atoms with Crippen molar-refractivity contribution in [3.63, 3.8) is 0 Å². The van der Waals surface area contributed by atoms with E-state index >= 15 is 0 Å². The van der Waals surface area contributed by atoms with Crippen molar-refractivity contribution >= 4 is 50.7 Å². The van der Waals surface area contributed by atoms with Crippen LogP contribution in [0.15, 0.2) is 23.1 Å². The zero-order valence-corrected chi connectivity index (χ0v) is 15.4. The van der Waals surface area contributed by atoms with Crippen LogP contribution in [0.1, 0.15) is 12.8 Å². The Labute approximate surface area is 149 Å². The SMILES string of the molecule is CN(C(=O)C[C@H]1Sc2ccc(Cl)cc2NC1=O)[C@H]1CCS(=O)(=O)C1. The van der Waals surface area contributed by atoms with E-state index in [9.17, 15) is 18.0 Å². The number of rotatable bonds is 3. The summed E-state index contributed by atoms with van der Waals surface area (Å²) in [5.74, 6) is -0.347. The van der Waals surface area contributed by atoms with E-state index in [4.69, 9.17) is 11.6 Å². The summed E-state index contributed by atoms with van der Waals surface area (Å²) in [5.41, 5.74) is 0.649. The minimum Gasteiger partial charge on any atom is -0.342 e. The second-order valence-electron chi connectivity index (χ2n) is 6.00. The van der Waals surface area contributed by atoms with Crippen molar-refractivity contribution in [1.29, 1.82) is 0 Å². The zero-order chi connectivity index (χ0) is 17.5. The number of halogens is 1. The summed E-state index contributed by atoms with van der Waals surface area (Å²) in [6.07, 6.45) is 0.488. The van der Waals surface area contributed by atoms with Gasteiger partial charge >= 0.3 is 0 Å². The third-order valence-electron chi connectivity index (χ3n) is 4.27. The van der Waals surface area contributed by atoms with E-state index in [0.717, 1.165) is 4.90 Å². The van der Waals surface area contributed by atoms with Gasteiger partial charge in [-0.2, -0.15) is 0 Å². The topological polar surface area (TPSA) is 83.6 Å². The van der Waals surface area contributed by atoms with E-state index in [1.54, 1.807) is 19.2 Å².